The van der Waals surface area contributed by atoms with Crippen LogP contribution < -0.4 is 4.90 Å². The van der Waals surface area contributed by atoms with E-state index < -0.39 is 5.89 Å². The number of para-hydroxylation sites is 2. The molecule has 1 heteroatoms. The van der Waals surface area contributed by atoms with Crippen molar-refractivity contribution in [2.24, 2.45) is 0 Å². The third-order valence-corrected chi connectivity index (χ3v) is 4.13. The maximum absolute atomic E-state index is 9.39. The first kappa shape index (κ1) is 11.2. The molecular weight excluding hydrogens is 254 g/mol. The lowest BCUT2D eigenvalue weighted by molar-refractivity contribution is 0.926. The van der Waals surface area contributed by atoms with Gasteiger partial charge in [0.25, 0.3) is 0 Å². The summed E-state index contributed by atoms with van der Waals surface area (Å²) in [6, 6.07) is 26.6. The lowest BCUT2D eigenvalue weighted by Crippen LogP contribution is -2.22. The van der Waals surface area contributed by atoms with E-state index >= 15 is 0 Å². The molecule has 0 atom stereocenters. The first-order chi connectivity index (χ1) is 10.7. The lowest BCUT2D eigenvalue weighted by Gasteiger charge is -2.35. The number of rotatable bonds is 1. The summed E-state index contributed by atoms with van der Waals surface area (Å²) in [7, 11) is 2.07. The summed E-state index contributed by atoms with van der Waals surface area (Å²) >= 11 is 0. The normalized spacial score (nSPS) is 15.9. The molecule has 0 unspecified atom stereocenters. The van der Waals surface area contributed by atoms with E-state index in [1.165, 1.54) is 0 Å². The number of hydrogen-bond acceptors (Lipinski definition) is 1. The Morgan fingerprint density at radius 3 is 1.76 bits per heavy atom. The highest BCUT2D eigenvalue weighted by Gasteiger charge is 2.28. The van der Waals surface area contributed by atoms with E-state index in [2.05, 4.69) is 36.2 Å². The molecular formula is C20H17N. The SMILES string of the molecule is [2H]C1(c2ccccc2)c2ccccc2N(C)c2ccccc21. The summed E-state index contributed by atoms with van der Waals surface area (Å²) in [5, 5.41) is 0. The Balaban J connectivity index is 2.09. The van der Waals surface area contributed by atoms with Gasteiger partial charge in [-0.05, 0) is 28.8 Å². The number of anilines is 2. The molecule has 3 aromatic rings. The van der Waals surface area contributed by atoms with Crippen LogP contribution in [0.15, 0.2) is 78.9 Å². The van der Waals surface area contributed by atoms with Crippen LogP contribution in [0, 0.1) is 0 Å². The fourth-order valence-electron chi connectivity index (χ4n) is 3.15. The largest absolute Gasteiger partial charge is 0.344 e. The second-order valence-electron chi connectivity index (χ2n) is 5.33. The fourth-order valence-corrected chi connectivity index (χ4v) is 3.15. The van der Waals surface area contributed by atoms with Gasteiger partial charge >= 0.3 is 0 Å². The van der Waals surface area contributed by atoms with E-state index in [1.807, 2.05) is 54.6 Å². The van der Waals surface area contributed by atoms with Crippen molar-refractivity contribution in [3.05, 3.63) is 95.6 Å². The van der Waals surface area contributed by atoms with Crippen LogP contribution in [0.3, 0.4) is 0 Å². The van der Waals surface area contributed by atoms with Crippen LogP contribution >= 0.6 is 0 Å². The minimum atomic E-state index is -0.874. The third-order valence-electron chi connectivity index (χ3n) is 4.13. The molecule has 1 aliphatic rings. The molecule has 0 amide bonds. The lowest BCUT2D eigenvalue weighted by atomic mass is 9.80. The fraction of sp³-hybridized carbons (Fsp3) is 0.100. The summed E-state index contributed by atoms with van der Waals surface area (Å²) in [6.07, 6.45) is 0. The molecule has 102 valence electrons. The van der Waals surface area contributed by atoms with E-state index in [0.29, 0.717) is 0 Å². The Kier molecular flexibility index (Phi) is 2.54. The first-order valence-corrected chi connectivity index (χ1v) is 7.21. The van der Waals surface area contributed by atoms with Gasteiger partial charge in [0.1, 0.15) is 0 Å². The highest BCUT2D eigenvalue weighted by Crippen LogP contribution is 2.47. The van der Waals surface area contributed by atoms with Gasteiger partial charge in [-0.2, -0.15) is 0 Å². The number of benzene rings is 3. The molecule has 0 aromatic heterocycles. The summed E-state index contributed by atoms with van der Waals surface area (Å²) in [6.45, 7) is 0. The second kappa shape index (κ2) is 4.78. The van der Waals surface area contributed by atoms with Crippen molar-refractivity contribution in [1.82, 2.24) is 0 Å². The Morgan fingerprint density at radius 2 is 1.19 bits per heavy atom. The van der Waals surface area contributed by atoms with Crippen LogP contribution in [-0.2, 0) is 0 Å². The van der Waals surface area contributed by atoms with Crippen LogP contribution in [0.1, 0.15) is 24.0 Å². The molecule has 1 aliphatic heterocycles. The van der Waals surface area contributed by atoms with Gasteiger partial charge in [-0.3, -0.25) is 0 Å². The van der Waals surface area contributed by atoms with Gasteiger partial charge in [0.15, 0.2) is 0 Å². The zero-order valence-corrected chi connectivity index (χ0v) is 12.0. The van der Waals surface area contributed by atoms with Crippen LogP contribution in [-0.4, -0.2) is 7.05 Å². The highest BCUT2D eigenvalue weighted by atomic mass is 15.1. The molecule has 1 nitrogen and oxygen atoms in total. The van der Waals surface area contributed by atoms with E-state index in [1.54, 1.807) is 0 Å². The third kappa shape index (κ3) is 1.85. The highest BCUT2D eigenvalue weighted by molar-refractivity contribution is 5.77. The van der Waals surface area contributed by atoms with Crippen molar-refractivity contribution < 1.29 is 1.37 Å². The molecule has 0 N–H and O–H groups in total. The second-order valence-corrected chi connectivity index (χ2v) is 5.33. The molecule has 21 heavy (non-hydrogen) atoms. The van der Waals surface area contributed by atoms with Crippen LogP contribution in [0.5, 0.6) is 0 Å². The average molecular weight is 272 g/mol. The van der Waals surface area contributed by atoms with Gasteiger partial charge in [0.2, 0.25) is 0 Å². The number of fused-ring (bicyclic) bond motifs is 2. The Morgan fingerprint density at radius 1 is 0.714 bits per heavy atom. The van der Waals surface area contributed by atoms with E-state index in [0.717, 1.165) is 28.1 Å². The molecule has 0 fully saturated rings. The molecule has 4 rings (SSSR count). The molecule has 0 radical (unpaired) electrons. The molecule has 0 saturated carbocycles. The van der Waals surface area contributed by atoms with E-state index in [4.69, 9.17) is 0 Å². The Hall–Kier alpha value is -2.54. The molecule has 3 aromatic carbocycles. The predicted molar refractivity (Wildman–Crippen MR) is 88.3 cm³/mol. The van der Waals surface area contributed by atoms with Crippen LogP contribution in [0.4, 0.5) is 11.4 Å². The van der Waals surface area contributed by atoms with E-state index in [9.17, 15) is 1.37 Å². The van der Waals surface area contributed by atoms with E-state index in [-0.39, 0.29) is 0 Å². The predicted octanol–water partition coefficient (Wildman–Crippen LogP) is 4.95. The minimum absolute atomic E-state index is 0.874. The van der Waals surface area contributed by atoms with Gasteiger partial charge in [-0.25, -0.2) is 0 Å². The van der Waals surface area contributed by atoms with Crippen molar-refractivity contribution in [3.63, 3.8) is 0 Å². The number of nitrogens with zero attached hydrogens (tertiary/aromatic N) is 1. The van der Waals surface area contributed by atoms with Gasteiger partial charge in [0.05, 0.1) is 0 Å². The maximum atomic E-state index is 9.39. The summed E-state index contributed by atoms with van der Waals surface area (Å²) < 4.78 is 9.39. The standard InChI is InChI=1S/C20H17N/c1-21-18-13-7-5-11-16(18)20(15-9-3-2-4-10-15)17-12-6-8-14-19(17)21/h2-14,20H,1H3/i20D. The summed E-state index contributed by atoms with van der Waals surface area (Å²) in [4.78, 5) is 2.18. The van der Waals surface area contributed by atoms with Crippen molar-refractivity contribution in [2.45, 2.75) is 5.89 Å². The molecule has 0 saturated heterocycles. The van der Waals surface area contributed by atoms with Crippen molar-refractivity contribution >= 4 is 11.4 Å². The number of hydrogen-bond donors (Lipinski definition) is 0. The summed E-state index contributed by atoms with van der Waals surface area (Å²) in [5.41, 5.74) is 5.26. The van der Waals surface area contributed by atoms with Crippen LogP contribution in [0.25, 0.3) is 0 Å². The van der Waals surface area contributed by atoms with Crippen molar-refractivity contribution in [1.29, 1.82) is 0 Å². The van der Waals surface area contributed by atoms with Crippen molar-refractivity contribution in [2.75, 3.05) is 11.9 Å². The topological polar surface area (TPSA) is 3.24 Å². The zero-order valence-electron chi connectivity index (χ0n) is 13.0. The minimum Gasteiger partial charge on any atom is -0.344 e. The maximum Gasteiger partial charge on any atom is 0.0454 e. The van der Waals surface area contributed by atoms with Crippen LogP contribution in [0.2, 0.25) is 0 Å². The zero-order chi connectivity index (χ0) is 15.2. The quantitative estimate of drug-likeness (QED) is 0.606. The summed E-state index contributed by atoms with van der Waals surface area (Å²) in [5.74, 6) is -0.874. The molecule has 0 aliphatic carbocycles. The Labute approximate surface area is 126 Å². The smallest absolute Gasteiger partial charge is 0.0454 e. The monoisotopic (exact) mass is 272 g/mol. The van der Waals surface area contributed by atoms with Gasteiger partial charge in [0, 0.05) is 25.7 Å². The average Bonchev–Trinajstić information content (AvgIpc) is 2.60. The van der Waals surface area contributed by atoms with Gasteiger partial charge in [-0.1, -0.05) is 66.7 Å². The molecule has 0 spiro atoms. The Bertz CT molecular complexity index is 778. The van der Waals surface area contributed by atoms with Crippen molar-refractivity contribution in [3.8, 4) is 0 Å². The van der Waals surface area contributed by atoms with Gasteiger partial charge in [-0.15, -0.1) is 0 Å². The molecule has 1 heterocycles. The van der Waals surface area contributed by atoms with Gasteiger partial charge < -0.3 is 4.90 Å². The first-order valence-electron chi connectivity index (χ1n) is 7.71. The molecule has 0 bridgehead atoms.